The highest BCUT2D eigenvalue weighted by Gasteiger charge is 2.02. The van der Waals surface area contributed by atoms with Gasteiger partial charge in [0, 0.05) is 6.92 Å². The summed E-state index contributed by atoms with van der Waals surface area (Å²) >= 11 is 3.30. The Labute approximate surface area is 79.7 Å². The third-order valence-electron chi connectivity index (χ3n) is 1.34. The van der Waals surface area contributed by atoms with Crippen molar-refractivity contribution in [3.63, 3.8) is 0 Å². The molecule has 1 aromatic carbocycles. The van der Waals surface area contributed by atoms with Crippen LogP contribution in [0.15, 0.2) is 22.7 Å². The number of halogens is 1. The smallest absolute Gasteiger partial charge is 0.308 e. The zero-order valence-electron chi connectivity index (χ0n) is 6.93. The van der Waals surface area contributed by atoms with Crippen molar-refractivity contribution in [2.24, 2.45) is 0 Å². The molecule has 0 aliphatic rings. The third kappa shape index (κ3) is 2.34. The number of rotatable bonds is 1. The molecule has 0 aromatic heterocycles. The Morgan fingerprint density at radius 1 is 1.50 bits per heavy atom. The summed E-state index contributed by atoms with van der Waals surface area (Å²) in [5, 5.41) is 0. The van der Waals surface area contributed by atoms with E-state index in [9.17, 15) is 4.79 Å². The van der Waals surface area contributed by atoms with Crippen molar-refractivity contribution in [1.82, 2.24) is 0 Å². The summed E-state index contributed by atoms with van der Waals surface area (Å²) < 4.78 is 5.72. The van der Waals surface area contributed by atoms with Gasteiger partial charge in [-0.25, -0.2) is 0 Å². The van der Waals surface area contributed by atoms with Crippen LogP contribution in [0.3, 0.4) is 0 Å². The minimum absolute atomic E-state index is 0.306. The largest absolute Gasteiger partial charge is 0.426 e. The summed E-state index contributed by atoms with van der Waals surface area (Å²) in [6, 6.07) is 5.56. The lowest BCUT2D eigenvalue weighted by molar-refractivity contribution is -0.131. The van der Waals surface area contributed by atoms with E-state index < -0.39 is 0 Å². The van der Waals surface area contributed by atoms with Gasteiger partial charge in [-0.1, -0.05) is 6.07 Å². The Balaban J connectivity index is 2.93. The molecule has 0 heterocycles. The summed E-state index contributed by atoms with van der Waals surface area (Å²) in [5.41, 5.74) is 1.12. The van der Waals surface area contributed by atoms with Crippen molar-refractivity contribution in [1.29, 1.82) is 0 Å². The quantitative estimate of drug-likeness (QED) is 0.546. The molecule has 0 aliphatic carbocycles. The van der Waals surface area contributed by atoms with Gasteiger partial charge in [-0.05, 0) is 40.5 Å². The number of hydrogen-bond donors (Lipinski definition) is 0. The number of hydrogen-bond acceptors (Lipinski definition) is 2. The van der Waals surface area contributed by atoms with Gasteiger partial charge in [-0.2, -0.15) is 0 Å². The van der Waals surface area contributed by atoms with Crippen LogP contribution in [0.5, 0.6) is 5.75 Å². The van der Waals surface area contributed by atoms with Crippen molar-refractivity contribution in [3.8, 4) is 5.75 Å². The molecule has 2 nitrogen and oxygen atoms in total. The Kier molecular flexibility index (Phi) is 2.87. The minimum atomic E-state index is -0.306. The molecule has 64 valence electrons. The highest BCUT2D eigenvalue weighted by Crippen LogP contribution is 2.25. The number of esters is 1. The van der Waals surface area contributed by atoms with Crippen LogP contribution in [0.25, 0.3) is 0 Å². The first-order chi connectivity index (χ1) is 5.59. The van der Waals surface area contributed by atoms with Crippen LogP contribution in [0.1, 0.15) is 12.5 Å². The number of benzene rings is 1. The second-order valence-corrected chi connectivity index (χ2v) is 3.38. The maximum absolute atomic E-state index is 10.6. The number of carbonyl (C=O) groups is 1. The van der Waals surface area contributed by atoms with Crippen molar-refractivity contribution in [2.75, 3.05) is 0 Å². The van der Waals surface area contributed by atoms with E-state index in [4.69, 9.17) is 4.74 Å². The van der Waals surface area contributed by atoms with Crippen LogP contribution in [0.4, 0.5) is 0 Å². The van der Waals surface area contributed by atoms with Crippen LogP contribution in [0.2, 0.25) is 0 Å². The second kappa shape index (κ2) is 3.72. The fourth-order valence-corrected chi connectivity index (χ4v) is 1.42. The van der Waals surface area contributed by atoms with E-state index >= 15 is 0 Å². The van der Waals surface area contributed by atoms with Crippen LogP contribution in [-0.4, -0.2) is 5.97 Å². The van der Waals surface area contributed by atoms with Crippen molar-refractivity contribution in [3.05, 3.63) is 28.2 Å². The van der Waals surface area contributed by atoms with Crippen LogP contribution < -0.4 is 4.74 Å². The Hall–Kier alpha value is -0.830. The van der Waals surface area contributed by atoms with Crippen LogP contribution in [-0.2, 0) is 4.79 Å². The first kappa shape index (κ1) is 9.26. The lowest BCUT2D eigenvalue weighted by atomic mass is 10.2. The predicted molar refractivity (Wildman–Crippen MR) is 50.2 cm³/mol. The molecule has 0 saturated carbocycles. The SMILES string of the molecule is CC(=O)Oc1ccc(C)cc1Br. The number of aryl methyl sites for hydroxylation is 1. The molecule has 12 heavy (non-hydrogen) atoms. The zero-order chi connectivity index (χ0) is 9.14. The van der Waals surface area contributed by atoms with E-state index in [0.29, 0.717) is 5.75 Å². The van der Waals surface area contributed by atoms with E-state index in [1.807, 2.05) is 19.1 Å². The highest BCUT2D eigenvalue weighted by atomic mass is 79.9. The second-order valence-electron chi connectivity index (χ2n) is 2.53. The van der Waals surface area contributed by atoms with Gasteiger partial charge in [0.15, 0.2) is 0 Å². The number of ether oxygens (including phenoxy) is 1. The number of carbonyl (C=O) groups excluding carboxylic acids is 1. The molecule has 0 saturated heterocycles. The van der Waals surface area contributed by atoms with Gasteiger partial charge in [0.1, 0.15) is 5.75 Å². The first-order valence-corrected chi connectivity index (χ1v) is 4.33. The summed E-state index contributed by atoms with van der Waals surface area (Å²) in [5.74, 6) is 0.257. The summed E-state index contributed by atoms with van der Waals surface area (Å²) in [6.45, 7) is 3.36. The summed E-state index contributed by atoms with van der Waals surface area (Å²) in [6.07, 6.45) is 0. The lowest BCUT2D eigenvalue weighted by Gasteiger charge is -2.03. The molecule has 1 aromatic rings. The topological polar surface area (TPSA) is 26.3 Å². The fraction of sp³-hybridized carbons (Fsp3) is 0.222. The molecule has 3 heteroatoms. The first-order valence-electron chi connectivity index (χ1n) is 3.54. The van der Waals surface area contributed by atoms with Gasteiger partial charge in [0.05, 0.1) is 4.47 Å². The fourth-order valence-electron chi connectivity index (χ4n) is 0.843. The monoisotopic (exact) mass is 228 g/mol. The third-order valence-corrected chi connectivity index (χ3v) is 1.96. The normalized spacial score (nSPS) is 9.58. The molecule has 1 rings (SSSR count). The van der Waals surface area contributed by atoms with Gasteiger partial charge in [0.2, 0.25) is 0 Å². The molecule has 0 N–H and O–H groups in total. The van der Waals surface area contributed by atoms with Crippen LogP contribution >= 0.6 is 15.9 Å². The molecule has 0 fully saturated rings. The maximum Gasteiger partial charge on any atom is 0.308 e. The Morgan fingerprint density at radius 3 is 2.67 bits per heavy atom. The molecule has 0 aliphatic heterocycles. The van der Waals surface area contributed by atoms with Crippen molar-refractivity contribution in [2.45, 2.75) is 13.8 Å². The van der Waals surface area contributed by atoms with Crippen molar-refractivity contribution < 1.29 is 9.53 Å². The average molecular weight is 229 g/mol. The standard InChI is InChI=1S/C9H9BrO2/c1-6-3-4-9(8(10)5-6)12-7(2)11/h3-5H,1-2H3. The maximum atomic E-state index is 10.6. The van der Waals surface area contributed by atoms with E-state index in [1.54, 1.807) is 6.07 Å². The molecule has 0 amide bonds. The average Bonchev–Trinajstić information content (AvgIpc) is 1.94. The lowest BCUT2D eigenvalue weighted by Crippen LogP contribution is -2.01. The summed E-state index contributed by atoms with van der Waals surface area (Å²) in [4.78, 5) is 10.6. The van der Waals surface area contributed by atoms with Gasteiger partial charge in [0.25, 0.3) is 0 Å². The van der Waals surface area contributed by atoms with Crippen LogP contribution in [0, 0.1) is 6.92 Å². The molecule has 0 radical (unpaired) electrons. The van der Waals surface area contributed by atoms with Gasteiger partial charge < -0.3 is 4.74 Å². The molecular weight excluding hydrogens is 220 g/mol. The highest BCUT2D eigenvalue weighted by molar-refractivity contribution is 9.10. The van der Waals surface area contributed by atoms with Gasteiger partial charge >= 0.3 is 5.97 Å². The van der Waals surface area contributed by atoms with Gasteiger partial charge in [-0.3, -0.25) is 4.79 Å². The summed E-state index contributed by atoms with van der Waals surface area (Å²) in [7, 11) is 0. The Morgan fingerprint density at radius 2 is 2.17 bits per heavy atom. The molecule has 0 bridgehead atoms. The van der Waals surface area contributed by atoms with E-state index in [-0.39, 0.29) is 5.97 Å². The van der Waals surface area contributed by atoms with Gasteiger partial charge in [-0.15, -0.1) is 0 Å². The molecule has 0 unspecified atom stereocenters. The zero-order valence-corrected chi connectivity index (χ0v) is 8.51. The molecular formula is C9H9BrO2. The molecule has 0 atom stereocenters. The van der Waals surface area contributed by atoms with E-state index in [1.165, 1.54) is 6.92 Å². The minimum Gasteiger partial charge on any atom is -0.426 e. The molecule has 0 spiro atoms. The van der Waals surface area contributed by atoms with E-state index in [2.05, 4.69) is 15.9 Å². The predicted octanol–water partition coefficient (Wildman–Crippen LogP) is 2.68. The van der Waals surface area contributed by atoms with E-state index in [0.717, 1.165) is 10.0 Å². The Bertz CT molecular complexity index is 307. The van der Waals surface area contributed by atoms with Crippen molar-refractivity contribution >= 4 is 21.9 Å².